The summed E-state index contributed by atoms with van der Waals surface area (Å²) in [5.74, 6) is 0.0124. The van der Waals surface area contributed by atoms with E-state index in [9.17, 15) is 4.79 Å². The molecule has 0 aliphatic carbocycles. The average molecular weight is 349 g/mol. The lowest BCUT2D eigenvalue weighted by Crippen LogP contribution is -2.44. The molecule has 1 aliphatic rings. The van der Waals surface area contributed by atoms with Crippen LogP contribution in [0.2, 0.25) is 5.02 Å². The van der Waals surface area contributed by atoms with Crippen LogP contribution in [0.4, 0.5) is 0 Å². The maximum absolute atomic E-state index is 12.2. The van der Waals surface area contributed by atoms with Gasteiger partial charge in [0.15, 0.2) is 0 Å². The molecule has 0 spiro atoms. The maximum Gasteiger partial charge on any atom is 0.221 e. The molecule has 1 aliphatic heterocycles. The second-order valence-corrected chi connectivity index (χ2v) is 6.53. The Hall–Kier alpha value is -1.92. The molecule has 6 nitrogen and oxygen atoms in total. The Bertz CT molecular complexity index is 669. The number of carbonyl (C=O) groups excluding carboxylic acids is 1. The molecule has 1 aromatic heterocycles. The molecule has 3 rings (SSSR count). The van der Waals surface area contributed by atoms with E-state index in [-0.39, 0.29) is 11.3 Å². The van der Waals surface area contributed by atoms with Crippen molar-refractivity contribution >= 4 is 17.5 Å². The van der Waals surface area contributed by atoms with E-state index < -0.39 is 0 Å². The van der Waals surface area contributed by atoms with Crippen LogP contribution in [-0.2, 0) is 21.5 Å². The number of hydrogen-bond acceptors (Lipinski definition) is 4. The summed E-state index contributed by atoms with van der Waals surface area (Å²) in [7, 11) is 0. The Balaban J connectivity index is 1.63. The van der Waals surface area contributed by atoms with Gasteiger partial charge in [0.2, 0.25) is 5.91 Å². The van der Waals surface area contributed by atoms with E-state index in [1.165, 1.54) is 0 Å². The van der Waals surface area contributed by atoms with Crippen molar-refractivity contribution < 1.29 is 9.53 Å². The zero-order chi connectivity index (χ0) is 16.8. The van der Waals surface area contributed by atoms with Crippen LogP contribution < -0.4 is 5.32 Å². The first-order chi connectivity index (χ1) is 11.7. The summed E-state index contributed by atoms with van der Waals surface area (Å²) in [4.78, 5) is 12.2. The number of amides is 1. The predicted molar refractivity (Wildman–Crippen MR) is 90.8 cm³/mol. The molecule has 1 amide bonds. The summed E-state index contributed by atoms with van der Waals surface area (Å²) in [5, 5.41) is 11.4. The second kappa shape index (κ2) is 7.77. The molecular formula is C17H21ClN4O2. The summed E-state index contributed by atoms with van der Waals surface area (Å²) >= 11 is 6.16. The molecule has 0 radical (unpaired) electrons. The van der Waals surface area contributed by atoms with Crippen molar-refractivity contribution in [3.63, 3.8) is 0 Å². The maximum atomic E-state index is 12.2. The number of benzene rings is 1. The smallest absolute Gasteiger partial charge is 0.221 e. The van der Waals surface area contributed by atoms with Gasteiger partial charge in [0, 0.05) is 42.8 Å². The van der Waals surface area contributed by atoms with Gasteiger partial charge in [-0.15, -0.1) is 5.10 Å². The molecule has 0 bridgehead atoms. The SMILES string of the molecule is O=C(CCn1ccnn1)NCC1(c2cccc(Cl)c2)CCOCC1. The monoisotopic (exact) mass is 348 g/mol. The van der Waals surface area contributed by atoms with E-state index in [4.69, 9.17) is 16.3 Å². The topological polar surface area (TPSA) is 69.0 Å². The van der Waals surface area contributed by atoms with Crippen LogP contribution in [0.15, 0.2) is 36.7 Å². The third-order valence-corrected chi connectivity index (χ3v) is 4.79. The van der Waals surface area contributed by atoms with Crippen LogP contribution in [-0.4, -0.2) is 40.7 Å². The fourth-order valence-electron chi connectivity index (χ4n) is 3.07. The number of aromatic nitrogens is 3. The number of nitrogens with one attached hydrogen (secondary N) is 1. The predicted octanol–water partition coefficient (Wildman–Crippen LogP) is 2.19. The van der Waals surface area contributed by atoms with Crippen molar-refractivity contribution in [1.29, 1.82) is 0 Å². The number of ether oxygens (including phenoxy) is 1. The first kappa shape index (κ1) is 16.9. The van der Waals surface area contributed by atoms with E-state index >= 15 is 0 Å². The standard InChI is InChI=1S/C17H21ClN4O2/c18-15-3-1-2-14(12-15)17(5-10-24-11-6-17)13-19-16(23)4-8-22-9-7-20-21-22/h1-3,7,9,12H,4-6,8,10-11,13H2,(H,19,23). The number of carbonyl (C=O) groups is 1. The molecule has 2 aromatic rings. The van der Waals surface area contributed by atoms with Crippen LogP contribution in [0.1, 0.15) is 24.8 Å². The first-order valence-corrected chi connectivity index (χ1v) is 8.50. The van der Waals surface area contributed by atoms with Crippen molar-refractivity contribution in [3.05, 3.63) is 47.2 Å². The lowest BCUT2D eigenvalue weighted by Gasteiger charge is -2.38. The second-order valence-electron chi connectivity index (χ2n) is 6.10. The van der Waals surface area contributed by atoms with E-state index in [1.807, 2.05) is 18.2 Å². The molecule has 7 heteroatoms. The van der Waals surface area contributed by atoms with Gasteiger partial charge in [0.05, 0.1) is 12.7 Å². The molecule has 0 unspecified atom stereocenters. The fraction of sp³-hybridized carbons (Fsp3) is 0.471. The summed E-state index contributed by atoms with van der Waals surface area (Å²) in [6.07, 6.45) is 5.48. The molecule has 0 atom stereocenters. The number of hydrogen-bond donors (Lipinski definition) is 1. The molecule has 1 aromatic carbocycles. The third-order valence-electron chi connectivity index (χ3n) is 4.55. The summed E-state index contributed by atoms with van der Waals surface area (Å²) in [6, 6.07) is 7.91. The van der Waals surface area contributed by atoms with Gasteiger partial charge in [-0.25, -0.2) is 0 Å². The van der Waals surface area contributed by atoms with Crippen molar-refractivity contribution in [2.24, 2.45) is 0 Å². The Labute approximate surface area is 146 Å². The van der Waals surface area contributed by atoms with Gasteiger partial charge in [-0.3, -0.25) is 9.48 Å². The van der Waals surface area contributed by atoms with E-state index in [2.05, 4.69) is 21.7 Å². The number of rotatable bonds is 6. The largest absolute Gasteiger partial charge is 0.381 e. The molecular weight excluding hydrogens is 328 g/mol. The quantitative estimate of drug-likeness (QED) is 0.868. The zero-order valence-electron chi connectivity index (χ0n) is 13.4. The van der Waals surface area contributed by atoms with Crippen LogP contribution in [0.25, 0.3) is 0 Å². The van der Waals surface area contributed by atoms with Crippen molar-refractivity contribution in [2.45, 2.75) is 31.2 Å². The highest BCUT2D eigenvalue weighted by Gasteiger charge is 2.34. The minimum Gasteiger partial charge on any atom is -0.381 e. The van der Waals surface area contributed by atoms with Gasteiger partial charge in [0.1, 0.15) is 0 Å². The highest BCUT2D eigenvalue weighted by Crippen LogP contribution is 2.35. The average Bonchev–Trinajstić information content (AvgIpc) is 3.12. The zero-order valence-corrected chi connectivity index (χ0v) is 14.2. The Morgan fingerprint density at radius 1 is 1.38 bits per heavy atom. The molecule has 0 saturated carbocycles. The lowest BCUT2D eigenvalue weighted by molar-refractivity contribution is -0.121. The van der Waals surface area contributed by atoms with Gasteiger partial charge in [0.25, 0.3) is 0 Å². The Morgan fingerprint density at radius 3 is 2.92 bits per heavy atom. The minimum atomic E-state index is -0.119. The molecule has 2 heterocycles. The van der Waals surface area contributed by atoms with Crippen molar-refractivity contribution in [2.75, 3.05) is 19.8 Å². The van der Waals surface area contributed by atoms with E-state index in [0.29, 0.717) is 32.7 Å². The Kier molecular flexibility index (Phi) is 5.48. The molecule has 24 heavy (non-hydrogen) atoms. The van der Waals surface area contributed by atoms with E-state index in [0.717, 1.165) is 23.4 Å². The fourth-order valence-corrected chi connectivity index (χ4v) is 3.26. The lowest BCUT2D eigenvalue weighted by atomic mass is 9.74. The summed E-state index contributed by atoms with van der Waals surface area (Å²) in [6.45, 7) is 2.51. The molecule has 1 fully saturated rings. The number of halogens is 1. The molecule has 1 N–H and O–H groups in total. The van der Waals surface area contributed by atoms with Crippen LogP contribution >= 0.6 is 11.6 Å². The highest BCUT2D eigenvalue weighted by atomic mass is 35.5. The van der Waals surface area contributed by atoms with Crippen LogP contribution in [0.3, 0.4) is 0 Å². The molecule has 1 saturated heterocycles. The minimum absolute atomic E-state index is 0.0124. The van der Waals surface area contributed by atoms with Crippen molar-refractivity contribution in [1.82, 2.24) is 20.3 Å². The number of nitrogens with zero attached hydrogens (tertiary/aromatic N) is 3. The van der Waals surface area contributed by atoms with Crippen molar-refractivity contribution in [3.8, 4) is 0 Å². The van der Waals surface area contributed by atoms with Gasteiger partial charge in [-0.1, -0.05) is 28.9 Å². The van der Waals surface area contributed by atoms with Gasteiger partial charge in [-0.05, 0) is 30.5 Å². The third kappa shape index (κ3) is 4.13. The molecule has 128 valence electrons. The van der Waals surface area contributed by atoms with Gasteiger partial charge >= 0.3 is 0 Å². The summed E-state index contributed by atoms with van der Waals surface area (Å²) < 4.78 is 7.17. The van der Waals surface area contributed by atoms with Gasteiger partial charge < -0.3 is 10.1 Å². The Morgan fingerprint density at radius 2 is 2.21 bits per heavy atom. The van der Waals surface area contributed by atoms with Gasteiger partial charge in [-0.2, -0.15) is 0 Å². The normalized spacial score (nSPS) is 16.7. The van der Waals surface area contributed by atoms with E-state index in [1.54, 1.807) is 17.1 Å². The first-order valence-electron chi connectivity index (χ1n) is 8.13. The van der Waals surface area contributed by atoms with Crippen LogP contribution in [0, 0.1) is 0 Å². The number of aryl methyl sites for hydroxylation is 1. The highest BCUT2D eigenvalue weighted by molar-refractivity contribution is 6.30. The summed E-state index contributed by atoms with van der Waals surface area (Å²) in [5.41, 5.74) is 1.04. The van der Waals surface area contributed by atoms with Crippen LogP contribution in [0.5, 0.6) is 0 Å².